The molecule has 1 fully saturated rings. The number of benzene rings is 2. The van der Waals surface area contributed by atoms with Gasteiger partial charge in [0.1, 0.15) is 0 Å². The number of aliphatic imine (C=N–C) groups is 1. The zero-order valence-electron chi connectivity index (χ0n) is 16.4. The van der Waals surface area contributed by atoms with Crippen LogP contribution in [0, 0.1) is 0 Å². The van der Waals surface area contributed by atoms with Crippen molar-refractivity contribution in [2.75, 3.05) is 25.1 Å². The highest BCUT2D eigenvalue weighted by Crippen LogP contribution is 2.35. The fraction of sp³-hybridized carbons (Fsp3) is 0.435. The first kappa shape index (κ1) is 19.4. The van der Waals surface area contributed by atoms with Crippen molar-refractivity contribution >= 4 is 11.6 Å². The molecule has 2 aromatic carbocycles. The smallest absolute Gasteiger partial charge is 0.193 e. The Bertz CT molecular complexity index is 734. The quantitative estimate of drug-likeness (QED) is 0.577. The summed E-state index contributed by atoms with van der Waals surface area (Å²) in [5, 5.41) is 3.23. The monoisotopic (exact) mass is 365 g/mol. The molecule has 3 N–H and O–H groups in total. The van der Waals surface area contributed by atoms with Crippen LogP contribution < -0.4 is 11.1 Å². The average Bonchev–Trinajstić information content (AvgIpc) is 2.73. The molecule has 4 nitrogen and oxygen atoms in total. The molecule has 0 amide bonds. The Morgan fingerprint density at radius 2 is 1.78 bits per heavy atom. The predicted molar refractivity (Wildman–Crippen MR) is 113 cm³/mol. The summed E-state index contributed by atoms with van der Waals surface area (Å²) in [6.45, 7) is 6.67. The fourth-order valence-corrected chi connectivity index (χ4v) is 3.65. The van der Waals surface area contributed by atoms with E-state index in [9.17, 15) is 0 Å². The van der Waals surface area contributed by atoms with Gasteiger partial charge in [-0.25, -0.2) is 0 Å². The van der Waals surface area contributed by atoms with E-state index in [1.54, 1.807) is 0 Å². The highest BCUT2D eigenvalue weighted by atomic mass is 16.5. The minimum Gasteiger partial charge on any atom is -0.381 e. The molecule has 0 spiro atoms. The number of hydrogen-bond acceptors (Lipinski definition) is 2. The zero-order chi connectivity index (χ0) is 19.1. The predicted octanol–water partition coefficient (Wildman–Crippen LogP) is 4.68. The lowest BCUT2D eigenvalue weighted by molar-refractivity contribution is 0.0531. The van der Waals surface area contributed by atoms with E-state index in [-0.39, 0.29) is 5.41 Å². The topological polar surface area (TPSA) is 59.6 Å². The Labute approximate surface area is 162 Å². The highest BCUT2D eigenvalue weighted by molar-refractivity contribution is 5.92. The van der Waals surface area contributed by atoms with Gasteiger partial charge in [-0.3, -0.25) is 4.99 Å². The molecule has 1 saturated heterocycles. The number of ether oxygens (including phenoxy) is 1. The van der Waals surface area contributed by atoms with Crippen LogP contribution in [0.4, 0.5) is 5.69 Å². The average molecular weight is 366 g/mol. The van der Waals surface area contributed by atoms with Crippen molar-refractivity contribution < 1.29 is 4.74 Å². The van der Waals surface area contributed by atoms with Crippen LogP contribution >= 0.6 is 0 Å². The van der Waals surface area contributed by atoms with Crippen molar-refractivity contribution in [3.05, 3.63) is 65.7 Å². The van der Waals surface area contributed by atoms with Crippen molar-refractivity contribution in [3.8, 4) is 0 Å². The number of guanidine groups is 1. The van der Waals surface area contributed by atoms with Crippen molar-refractivity contribution in [2.45, 2.75) is 44.4 Å². The van der Waals surface area contributed by atoms with Crippen molar-refractivity contribution in [1.29, 1.82) is 0 Å². The molecule has 144 valence electrons. The fourth-order valence-electron chi connectivity index (χ4n) is 3.65. The number of anilines is 1. The van der Waals surface area contributed by atoms with Crippen LogP contribution in [0.1, 0.15) is 50.2 Å². The Hall–Kier alpha value is -2.33. The summed E-state index contributed by atoms with van der Waals surface area (Å²) in [6, 6.07) is 19.1. The third-order valence-electron chi connectivity index (χ3n) is 5.75. The molecule has 0 aromatic heterocycles. The van der Waals surface area contributed by atoms with Gasteiger partial charge in [-0.2, -0.15) is 0 Å². The molecule has 1 heterocycles. The molecule has 3 rings (SSSR count). The van der Waals surface area contributed by atoms with Gasteiger partial charge in [0.2, 0.25) is 0 Å². The van der Waals surface area contributed by atoms with Crippen LogP contribution in [0.25, 0.3) is 0 Å². The van der Waals surface area contributed by atoms with Gasteiger partial charge in [-0.1, -0.05) is 56.3 Å². The number of nitrogens with two attached hydrogens (primary N) is 1. The van der Waals surface area contributed by atoms with Gasteiger partial charge in [0.15, 0.2) is 5.96 Å². The van der Waals surface area contributed by atoms with Gasteiger partial charge in [-0.05, 0) is 48.4 Å². The standard InChI is InChI=1S/C23H31N3O/c1-3-18(2)19-9-11-21(12-10-19)26-22(24)25-17-23(13-15-27-16-14-23)20-7-5-4-6-8-20/h4-12,18H,3,13-17H2,1-2H3,(H3,24,25,26). The van der Waals surface area contributed by atoms with Crippen LogP contribution in [-0.2, 0) is 10.2 Å². The van der Waals surface area contributed by atoms with E-state index in [0.29, 0.717) is 18.4 Å². The van der Waals surface area contributed by atoms with E-state index in [4.69, 9.17) is 15.5 Å². The molecule has 1 aliphatic rings. The Morgan fingerprint density at radius 3 is 2.41 bits per heavy atom. The lowest BCUT2D eigenvalue weighted by atomic mass is 9.74. The molecule has 1 aliphatic heterocycles. The van der Waals surface area contributed by atoms with Crippen LogP contribution in [0.15, 0.2) is 59.6 Å². The molecule has 4 heteroatoms. The molecule has 0 aliphatic carbocycles. The molecular weight excluding hydrogens is 334 g/mol. The normalized spacial score (nSPS) is 18.1. The SMILES string of the molecule is CCC(C)c1ccc(NC(N)=NCC2(c3ccccc3)CCOCC2)cc1. The first-order valence-corrected chi connectivity index (χ1v) is 9.93. The molecule has 1 unspecified atom stereocenters. The van der Waals surface area contributed by atoms with E-state index >= 15 is 0 Å². The third-order valence-corrected chi connectivity index (χ3v) is 5.75. The summed E-state index contributed by atoms with van der Waals surface area (Å²) in [5.41, 5.74) is 9.85. The first-order chi connectivity index (χ1) is 13.1. The van der Waals surface area contributed by atoms with Gasteiger partial charge < -0.3 is 15.8 Å². The van der Waals surface area contributed by atoms with E-state index in [2.05, 4.69) is 73.8 Å². The Kier molecular flexibility index (Phi) is 6.51. The van der Waals surface area contributed by atoms with Crippen molar-refractivity contribution in [3.63, 3.8) is 0 Å². The number of rotatable bonds is 6. The second-order valence-corrected chi connectivity index (χ2v) is 7.52. The Balaban J connectivity index is 1.69. The summed E-state index contributed by atoms with van der Waals surface area (Å²) in [4.78, 5) is 4.69. The Morgan fingerprint density at radius 1 is 1.11 bits per heavy atom. The molecule has 0 saturated carbocycles. The minimum absolute atomic E-state index is 0.00618. The highest BCUT2D eigenvalue weighted by Gasteiger charge is 2.34. The van der Waals surface area contributed by atoms with E-state index in [1.807, 2.05) is 0 Å². The number of nitrogens with one attached hydrogen (secondary N) is 1. The van der Waals surface area contributed by atoms with Crippen LogP contribution in [0.3, 0.4) is 0 Å². The maximum atomic E-state index is 6.19. The minimum atomic E-state index is 0.00618. The van der Waals surface area contributed by atoms with Crippen LogP contribution in [0.2, 0.25) is 0 Å². The number of hydrogen-bond donors (Lipinski definition) is 2. The molecule has 1 atom stereocenters. The van der Waals surface area contributed by atoms with E-state index in [1.165, 1.54) is 11.1 Å². The third kappa shape index (κ3) is 4.89. The van der Waals surface area contributed by atoms with E-state index < -0.39 is 0 Å². The van der Waals surface area contributed by atoms with Crippen molar-refractivity contribution in [2.24, 2.45) is 10.7 Å². The molecular formula is C23H31N3O. The summed E-state index contributed by atoms with van der Waals surface area (Å²) in [7, 11) is 0. The summed E-state index contributed by atoms with van der Waals surface area (Å²) >= 11 is 0. The second kappa shape index (κ2) is 9.05. The molecule has 0 radical (unpaired) electrons. The maximum absolute atomic E-state index is 6.19. The lowest BCUT2D eigenvalue weighted by Gasteiger charge is -2.36. The molecule has 0 bridgehead atoms. The maximum Gasteiger partial charge on any atom is 0.193 e. The van der Waals surface area contributed by atoms with E-state index in [0.717, 1.165) is 38.2 Å². The number of nitrogens with zero attached hydrogens (tertiary/aromatic N) is 1. The van der Waals surface area contributed by atoms with Crippen molar-refractivity contribution in [1.82, 2.24) is 0 Å². The van der Waals surface area contributed by atoms with Gasteiger partial charge in [-0.15, -0.1) is 0 Å². The summed E-state index contributed by atoms with van der Waals surface area (Å²) in [5.74, 6) is 1.04. The van der Waals surface area contributed by atoms with Gasteiger partial charge in [0, 0.05) is 24.3 Å². The second-order valence-electron chi connectivity index (χ2n) is 7.52. The van der Waals surface area contributed by atoms with Gasteiger partial charge in [0.05, 0.1) is 6.54 Å². The first-order valence-electron chi connectivity index (χ1n) is 9.93. The lowest BCUT2D eigenvalue weighted by Crippen LogP contribution is -2.38. The summed E-state index contributed by atoms with van der Waals surface area (Å²) < 4.78 is 5.59. The molecule has 27 heavy (non-hydrogen) atoms. The summed E-state index contributed by atoms with van der Waals surface area (Å²) in [6.07, 6.45) is 3.08. The van der Waals surface area contributed by atoms with Gasteiger partial charge >= 0.3 is 0 Å². The largest absolute Gasteiger partial charge is 0.381 e. The molecule has 2 aromatic rings. The van der Waals surface area contributed by atoms with Gasteiger partial charge in [0.25, 0.3) is 0 Å². The van der Waals surface area contributed by atoms with Crippen LogP contribution in [-0.4, -0.2) is 25.7 Å². The zero-order valence-corrected chi connectivity index (χ0v) is 16.4. The van der Waals surface area contributed by atoms with Crippen LogP contribution in [0.5, 0.6) is 0 Å².